The van der Waals surface area contributed by atoms with Gasteiger partial charge in [0.05, 0.1) is 0 Å². The molecule has 0 unspecified atom stereocenters. The van der Waals surface area contributed by atoms with Crippen molar-refractivity contribution in [2.75, 3.05) is 0 Å². The molecule has 1 atom stereocenters. The molecule has 0 aromatic heterocycles. The summed E-state index contributed by atoms with van der Waals surface area (Å²) in [5, 5.41) is 17.6. The minimum atomic E-state index is -1.21. The Morgan fingerprint density at radius 1 is 1.64 bits per heavy atom. The zero-order valence-electron chi connectivity index (χ0n) is 6.95. The minimum Gasteiger partial charge on any atom is -0.423 e. The summed E-state index contributed by atoms with van der Waals surface area (Å²) in [6.45, 7) is 2.18. The van der Waals surface area contributed by atoms with Crippen LogP contribution in [0.4, 0.5) is 0 Å². The van der Waals surface area contributed by atoms with Crippen LogP contribution < -0.4 is 0 Å². The SMILES string of the molecule is CC[C@@H]1CC=C(B(O)O)CC1. The van der Waals surface area contributed by atoms with E-state index in [9.17, 15) is 0 Å². The fraction of sp³-hybridized carbons (Fsp3) is 0.750. The van der Waals surface area contributed by atoms with Crippen molar-refractivity contribution in [3.63, 3.8) is 0 Å². The first kappa shape index (κ1) is 8.82. The summed E-state index contributed by atoms with van der Waals surface area (Å²) >= 11 is 0. The van der Waals surface area contributed by atoms with Crippen LogP contribution in [-0.2, 0) is 0 Å². The van der Waals surface area contributed by atoms with Crippen molar-refractivity contribution in [1.82, 2.24) is 0 Å². The lowest BCUT2D eigenvalue weighted by molar-refractivity contribution is 0.401. The summed E-state index contributed by atoms with van der Waals surface area (Å²) in [6, 6.07) is 0. The second-order valence-corrected chi connectivity index (χ2v) is 3.20. The van der Waals surface area contributed by atoms with Gasteiger partial charge in [-0.05, 0) is 30.7 Å². The number of hydrogen-bond acceptors (Lipinski definition) is 2. The standard InChI is InChI=1S/C8H15BO2/c1-2-7-3-5-8(6-4-7)9(10)11/h5,7,10-11H,2-4,6H2,1H3/t7-/m1/s1. The largest absolute Gasteiger partial charge is 0.483 e. The fourth-order valence-corrected chi connectivity index (χ4v) is 1.51. The van der Waals surface area contributed by atoms with Gasteiger partial charge in [0.2, 0.25) is 0 Å². The highest BCUT2D eigenvalue weighted by Crippen LogP contribution is 2.25. The molecule has 1 aliphatic carbocycles. The van der Waals surface area contributed by atoms with Crippen LogP contribution in [0.25, 0.3) is 0 Å². The molecule has 0 spiro atoms. The van der Waals surface area contributed by atoms with E-state index in [1.165, 1.54) is 6.42 Å². The Morgan fingerprint density at radius 3 is 2.73 bits per heavy atom. The zero-order chi connectivity index (χ0) is 8.27. The minimum absolute atomic E-state index is 0.762. The van der Waals surface area contributed by atoms with Crippen LogP contribution in [0.15, 0.2) is 11.5 Å². The first-order chi connectivity index (χ1) is 5.24. The van der Waals surface area contributed by atoms with E-state index in [0.29, 0.717) is 0 Å². The van der Waals surface area contributed by atoms with E-state index in [4.69, 9.17) is 10.0 Å². The van der Waals surface area contributed by atoms with Gasteiger partial charge in [0.15, 0.2) is 0 Å². The average molecular weight is 154 g/mol. The molecule has 2 nitrogen and oxygen atoms in total. The molecule has 1 rings (SSSR count). The second-order valence-electron chi connectivity index (χ2n) is 3.20. The maximum atomic E-state index is 8.82. The number of hydrogen-bond donors (Lipinski definition) is 2. The Balaban J connectivity index is 2.44. The molecule has 0 aromatic carbocycles. The lowest BCUT2D eigenvalue weighted by Crippen LogP contribution is -2.19. The third-order valence-corrected chi connectivity index (χ3v) is 2.46. The van der Waals surface area contributed by atoms with Gasteiger partial charge in [0, 0.05) is 0 Å². The predicted molar refractivity (Wildman–Crippen MR) is 45.9 cm³/mol. The predicted octanol–water partition coefficient (Wildman–Crippen LogP) is 1.13. The Labute approximate surface area is 68.1 Å². The molecule has 0 saturated heterocycles. The van der Waals surface area contributed by atoms with E-state index in [1.807, 2.05) is 6.08 Å². The van der Waals surface area contributed by atoms with Crippen molar-refractivity contribution in [2.24, 2.45) is 5.92 Å². The summed E-state index contributed by atoms with van der Waals surface area (Å²) < 4.78 is 0. The molecule has 0 amide bonds. The Morgan fingerprint density at radius 2 is 2.36 bits per heavy atom. The Kier molecular flexibility index (Phi) is 3.15. The van der Waals surface area contributed by atoms with E-state index < -0.39 is 7.12 Å². The van der Waals surface area contributed by atoms with Gasteiger partial charge in [-0.2, -0.15) is 0 Å². The summed E-state index contributed by atoms with van der Waals surface area (Å²) in [7, 11) is -1.21. The molecule has 0 aromatic rings. The number of allylic oxidation sites excluding steroid dienone is 2. The summed E-state index contributed by atoms with van der Waals surface area (Å²) in [5.74, 6) is 0.762. The van der Waals surface area contributed by atoms with Gasteiger partial charge in [-0.15, -0.1) is 0 Å². The molecule has 1 aliphatic rings. The monoisotopic (exact) mass is 154 g/mol. The maximum absolute atomic E-state index is 8.82. The molecule has 0 aliphatic heterocycles. The van der Waals surface area contributed by atoms with Crippen molar-refractivity contribution in [2.45, 2.75) is 32.6 Å². The maximum Gasteiger partial charge on any atom is 0.483 e. The quantitative estimate of drug-likeness (QED) is 0.585. The smallest absolute Gasteiger partial charge is 0.423 e. The van der Waals surface area contributed by atoms with Crippen LogP contribution in [0.3, 0.4) is 0 Å². The van der Waals surface area contributed by atoms with Gasteiger partial charge >= 0.3 is 7.12 Å². The molecule has 2 N–H and O–H groups in total. The van der Waals surface area contributed by atoms with Crippen LogP contribution >= 0.6 is 0 Å². The number of rotatable bonds is 2. The van der Waals surface area contributed by atoms with Crippen LogP contribution in [0.5, 0.6) is 0 Å². The van der Waals surface area contributed by atoms with Gasteiger partial charge in [0.25, 0.3) is 0 Å². The summed E-state index contributed by atoms with van der Waals surface area (Å²) in [5.41, 5.74) is 0.801. The van der Waals surface area contributed by atoms with Gasteiger partial charge in [0.1, 0.15) is 0 Å². The Hall–Kier alpha value is -0.275. The van der Waals surface area contributed by atoms with E-state index in [1.54, 1.807) is 0 Å². The van der Waals surface area contributed by atoms with E-state index in [-0.39, 0.29) is 0 Å². The molecule has 0 saturated carbocycles. The molecule has 0 heterocycles. The van der Waals surface area contributed by atoms with Crippen molar-refractivity contribution >= 4 is 7.12 Å². The third-order valence-electron chi connectivity index (χ3n) is 2.46. The van der Waals surface area contributed by atoms with Gasteiger partial charge in [-0.3, -0.25) is 0 Å². The lowest BCUT2D eigenvalue weighted by atomic mass is 9.71. The summed E-state index contributed by atoms with van der Waals surface area (Å²) in [6.07, 6.45) is 6.16. The second kappa shape index (κ2) is 3.93. The molecular weight excluding hydrogens is 139 g/mol. The topological polar surface area (TPSA) is 40.5 Å². The zero-order valence-corrected chi connectivity index (χ0v) is 6.95. The molecule has 0 radical (unpaired) electrons. The Bertz CT molecular complexity index is 154. The van der Waals surface area contributed by atoms with Crippen molar-refractivity contribution < 1.29 is 10.0 Å². The van der Waals surface area contributed by atoms with E-state index in [2.05, 4.69) is 6.92 Å². The van der Waals surface area contributed by atoms with Crippen LogP contribution in [0.2, 0.25) is 0 Å². The highest BCUT2D eigenvalue weighted by Gasteiger charge is 2.19. The van der Waals surface area contributed by atoms with Crippen LogP contribution in [0, 0.1) is 5.92 Å². The van der Waals surface area contributed by atoms with Gasteiger partial charge in [-0.1, -0.05) is 19.4 Å². The van der Waals surface area contributed by atoms with Crippen molar-refractivity contribution in [1.29, 1.82) is 0 Å². The van der Waals surface area contributed by atoms with Crippen molar-refractivity contribution in [3.05, 3.63) is 11.5 Å². The summed E-state index contributed by atoms with van der Waals surface area (Å²) in [4.78, 5) is 0. The first-order valence-corrected chi connectivity index (χ1v) is 4.29. The molecule has 11 heavy (non-hydrogen) atoms. The third kappa shape index (κ3) is 2.35. The van der Waals surface area contributed by atoms with Gasteiger partial charge < -0.3 is 10.0 Å². The van der Waals surface area contributed by atoms with E-state index >= 15 is 0 Å². The molecule has 62 valence electrons. The van der Waals surface area contributed by atoms with E-state index in [0.717, 1.165) is 30.7 Å². The molecule has 0 bridgehead atoms. The highest BCUT2D eigenvalue weighted by atomic mass is 16.4. The molecule has 0 fully saturated rings. The normalized spacial score (nSPS) is 24.6. The fourth-order valence-electron chi connectivity index (χ4n) is 1.51. The van der Waals surface area contributed by atoms with Crippen LogP contribution in [0.1, 0.15) is 32.6 Å². The average Bonchev–Trinajstić information content (AvgIpc) is 2.05. The van der Waals surface area contributed by atoms with Crippen molar-refractivity contribution in [3.8, 4) is 0 Å². The first-order valence-electron chi connectivity index (χ1n) is 4.29. The lowest BCUT2D eigenvalue weighted by Gasteiger charge is -2.19. The van der Waals surface area contributed by atoms with Crippen LogP contribution in [-0.4, -0.2) is 17.2 Å². The highest BCUT2D eigenvalue weighted by molar-refractivity contribution is 6.50. The van der Waals surface area contributed by atoms with Gasteiger partial charge in [-0.25, -0.2) is 0 Å². The molecular formula is C8H15BO2. The molecule has 3 heteroatoms.